The fraction of sp³-hybridized carbons (Fsp3) is 0.429. The first-order chi connectivity index (χ1) is 9.54. The maximum absolute atomic E-state index is 12.6. The van der Waals surface area contributed by atoms with E-state index in [9.17, 15) is 9.59 Å². The minimum absolute atomic E-state index is 0.141. The molecule has 6 heteroatoms. The molecule has 2 rings (SSSR count). The second-order valence-electron chi connectivity index (χ2n) is 4.86. The van der Waals surface area contributed by atoms with E-state index < -0.39 is 6.04 Å². The molecule has 1 atom stereocenters. The van der Waals surface area contributed by atoms with Crippen LogP contribution in [-0.4, -0.2) is 36.3 Å². The summed E-state index contributed by atoms with van der Waals surface area (Å²) in [4.78, 5) is 26.1. The number of carbonyl (C=O) groups is 2. The number of nitrogens with zero attached hydrogens (tertiary/aromatic N) is 1. The van der Waals surface area contributed by atoms with Gasteiger partial charge in [-0.15, -0.1) is 0 Å². The number of likely N-dealkylation sites (tertiary alicyclic amines) is 1. The van der Waals surface area contributed by atoms with Crippen molar-refractivity contribution in [1.29, 1.82) is 0 Å². The molecule has 5 nitrogen and oxygen atoms in total. The molecule has 1 saturated heterocycles. The van der Waals surface area contributed by atoms with Crippen LogP contribution >= 0.6 is 11.6 Å². The molecule has 0 aromatic heterocycles. The number of halogens is 1. The number of carbonyl (C=O) groups excluding carboxylic acids is 2. The average Bonchev–Trinajstić information content (AvgIpc) is 2.48. The van der Waals surface area contributed by atoms with Gasteiger partial charge in [0.15, 0.2) is 0 Å². The molecule has 1 aliphatic rings. The molecule has 0 spiro atoms. The highest BCUT2D eigenvalue weighted by molar-refractivity contribution is 6.34. The number of nitrogens with two attached hydrogens (primary N) is 1. The molecule has 20 heavy (non-hydrogen) atoms. The first-order valence-corrected chi connectivity index (χ1v) is 7.00. The third-order valence-corrected chi connectivity index (χ3v) is 3.86. The van der Waals surface area contributed by atoms with Crippen molar-refractivity contribution in [3.8, 4) is 0 Å². The van der Waals surface area contributed by atoms with Crippen LogP contribution in [0, 0.1) is 0 Å². The SMILES string of the molecule is CNC(=O)C1CCCCN1C(=O)c1cc(N)ccc1Cl. The number of nitrogens with one attached hydrogen (secondary N) is 1. The number of likely N-dealkylation sites (N-methyl/N-ethyl adjacent to an activating group) is 1. The van der Waals surface area contributed by atoms with E-state index in [1.165, 1.54) is 0 Å². The van der Waals surface area contributed by atoms with Gasteiger partial charge in [-0.05, 0) is 37.5 Å². The molecule has 1 aromatic rings. The van der Waals surface area contributed by atoms with Gasteiger partial charge < -0.3 is 16.0 Å². The first-order valence-electron chi connectivity index (χ1n) is 6.62. The normalized spacial score (nSPS) is 18.7. The minimum Gasteiger partial charge on any atom is -0.399 e. The van der Waals surface area contributed by atoms with Crippen molar-refractivity contribution in [1.82, 2.24) is 10.2 Å². The van der Waals surface area contributed by atoms with Crippen molar-refractivity contribution in [3.63, 3.8) is 0 Å². The number of rotatable bonds is 2. The van der Waals surface area contributed by atoms with Gasteiger partial charge in [0.25, 0.3) is 5.91 Å². The van der Waals surface area contributed by atoms with Crippen LogP contribution in [0.5, 0.6) is 0 Å². The number of hydrogen-bond acceptors (Lipinski definition) is 3. The number of anilines is 1. The zero-order chi connectivity index (χ0) is 14.7. The summed E-state index contributed by atoms with van der Waals surface area (Å²) in [5.41, 5.74) is 6.53. The smallest absolute Gasteiger partial charge is 0.256 e. The maximum atomic E-state index is 12.6. The molecule has 1 fully saturated rings. The average molecular weight is 296 g/mol. The summed E-state index contributed by atoms with van der Waals surface area (Å²) in [5.74, 6) is -0.381. The van der Waals surface area contributed by atoms with Gasteiger partial charge in [-0.1, -0.05) is 11.6 Å². The van der Waals surface area contributed by atoms with E-state index in [1.807, 2.05) is 0 Å². The lowest BCUT2D eigenvalue weighted by molar-refractivity contribution is -0.126. The third kappa shape index (κ3) is 2.88. The molecule has 1 heterocycles. The monoisotopic (exact) mass is 295 g/mol. The summed E-state index contributed by atoms with van der Waals surface area (Å²) in [5, 5.41) is 2.96. The third-order valence-electron chi connectivity index (χ3n) is 3.53. The number of piperidine rings is 1. The second-order valence-corrected chi connectivity index (χ2v) is 5.27. The van der Waals surface area contributed by atoms with Gasteiger partial charge in [-0.3, -0.25) is 9.59 Å². The molecule has 1 unspecified atom stereocenters. The van der Waals surface area contributed by atoms with Crippen LogP contribution in [0.4, 0.5) is 5.69 Å². The van der Waals surface area contributed by atoms with E-state index in [2.05, 4.69) is 5.32 Å². The van der Waals surface area contributed by atoms with Crippen LogP contribution in [0.15, 0.2) is 18.2 Å². The summed E-state index contributed by atoms with van der Waals surface area (Å²) < 4.78 is 0. The van der Waals surface area contributed by atoms with Crippen molar-refractivity contribution in [2.24, 2.45) is 0 Å². The van der Waals surface area contributed by atoms with Crippen LogP contribution in [0.3, 0.4) is 0 Å². The van der Waals surface area contributed by atoms with Gasteiger partial charge >= 0.3 is 0 Å². The van der Waals surface area contributed by atoms with Crippen molar-refractivity contribution >= 4 is 29.1 Å². The number of hydrogen-bond donors (Lipinski definition) is 2. The summed E-state index contributed by atoms with van der Waals surface area (Å²) in [6.45, 7) is 0.558. The van der Waals surface area contributed by atoms with E-state index in [0.717, 1.165) is 12.8 Å². The van der Waals surface area contributed by atoms with Crippen LogP contribution in [0.25, 0.3) is 0 Å². The van der Waals surface area contributed by atoms with Gasteiger partial charge in [-0.2, -0.15) is 0 Å². The first kappa shape index (κ1) is 14.7. The Morgan fingerprint density at radius 3 is 2.85 bits per heavy atom. The van der Waals surface area contributed by atoms with E-state index >= 15 is 0 Å². The predicted octanol–water partition coefficient (Wildman–Crippen LogP) is 1.66. The molecule has 3 N–H and O–H groups in total. The topological polar surface area (TPSA) is 75.4 Å². The number of nitrogen functional groups attached to an aromatic ring is 1. The molecule has 0 radical (unpaired) electrons. The lowest BCUT2D eigenvalue weighted by Gasteiger charge is -2.34. The van der Waals surface area contributed by atoms with E-state index in [1.54, 1.807) is 30.1 Å². The van der Waals surface area contributed by atoms with Gasteiger partial charge in [0.1, 0.15) is 6.04 Å². The Balaban J connectivity index is 2.30. The second kappa shape index (κ2) is 6.13. The van der Waals surface area contributed by atoms with Crippen molar-refractivity contribution < 1.29 is 9.59 Å². The van der Waals surface area contributed by atoms with E-state index in [4.69, 9.17) is 17.3 Å². The lowest BCUT2D eigenvalue weighted by Crippen LogP contribution is -2.51. The van der Waals surface area contributed by atoms with Crippen molar-refractivity contribution in [2.75, 3.05) is 19.3 Å². The molecular formula is C14H18ClN3O2. The molecule has 2 amide bonds. The van der Waals surface area contributed by atoms with Gasteiger partial charge in [0.05, 0.1) is 10.6 Å². The predicted molar refractivity (Wildman–Crippen MR) is 78.6 cm³/mol. The van der Waals surface area contributed by atoms with Crippen LogP contribution < -0.4 is 11.1 Å². The molecule has 0 saturated carbocycles. The van der Waals surface area contributed by atoms with Crippen LogP contribution in [0.2, 0.25) is 5.02 Å². The summed E-state index contributed by atoms with van der Waals surface area (Å²) in [6, 6.07) is 4.37. The highest BCUT2D eigenvalue weighted by atomic mass is 35.5. The fourth-order valence-electron chi connectivity index (χ4n) is 2.48. The zero-order valence-electron chi connectivity index (χ0n) is 11.4. The van der Waals surface area contributed by atoms with Crippen LogP contribution in [-0.2, 0) is 4.79 Å². The maximum Gasteiger partial charge on any atom is 0.256 e. The minimum atomic E-state index is -0.432. The largest absolute Gasteiger partial charge is 0.399 e. The van der Waals surface area contributed by atoms with E-state index in [-0.39, 0.29) is 11.8 Å². The molecule has 1 aromatic carbocycles. The van der Waals surface area contributed by atoms with Gasteiger partial charge in [0.2, 0.25) is 5.91 Å². The summed E-state index contributed by atoms with van der Waals surface area (Å²) in [6.07, 6.45) is 2.50. The van der Waals surface area contributed by atoms with Crippen molar-refractivity contribution in [2.45, 2.75) is 25.3 Å². The lowest BCUT2D eigenvalue weighted by atomic mass is 10.00. The van der Waals surface area contributed by atoms with Crippen LogP contribution in [0.1, 0.15) is 29.6 Å². The highest BCUT2D eigenvalue weighted by Gasteiger charge is 2.32. The molecule has 0 aliphatic carbocycles. The quantitative estimate of drug-likeness (QED) is 0.815. The number of benzene rings is 1. The molecule has 1 aliphatic heterocycles. The Labute approximate surface area is 123 Å². The van der Waals surface area contributed by atoms with Gasteiger partial charge in [0, 0.05) is 19.3 Å². The Morgan fingerprint density at radius 1 is 1.40 bits per heavy atom. The summed E-state index contributed by atoms with van der Waals surface area (Å²) >= 11 is 6.07. The summed E-state index contributed by atoms with van der Waals surface area (Å²) in [7, 11) is 1.58. The Hall–Kier alpha value is -1.75. The Bertz CT molecular complexity index is 533. The Kier molecular flexibility index (Phi) is 4.49. The van der Waals surface area contributed by atoms with E-state index in [0.29, 0.717) is 29.2 Å². The molecular weight excluding hydrogens is 278 g/mol. The van der Waals surface area contributed by atoms with Crippen molar-refractivity contribution in [3.05, 3.63) is 28.8 Å². The van der Waals surface area contributed by atoms with Gasteiger partial charge in [-0.25, -0.2) is 0 Å². The standard InChI is InChI=1S/C14H18ClN3O2/c1-17-13(19)12-4-2-3-7-18(12)14(20)10-8-9(16)5-6-11(10)15/h5-6,8,12H,2-4,7,16H2,1H3,(H,17,19). The Morgan fingerprint density at radius 2 is 2.15 bits per heavy atom. The zero-order valence-corrected chi connectivity index (χ0v) is 12.1. The molecule has 0 bridgehead atoms. The fourth-order valence-corrected chi connectivity index (χ4v) is 2.67. The highest BCUT2D eigenvalue weighted by Crippen LogP contribution is 2.25. The number of amides is 2. The molecule has 108 valence electrons.